The summed E-state index contributed by atoms with van der Waals surface area (Å²) in [4.78, 5) is 21.5. The second-order valence-electron chi connectivity index (χ2n) is 5.75. The summed E-state index contributed by atoms with van der Waals surface area (Å²) in [7, 11) is 0. The van der Waals surface area contributed by atoms with E-state index >= 15 is 0 Å². The van der Waals surface area contributed by atoms with Crippen LogP contribution in [0.25, 0.3) is 15.9 Å². The fraction of sp³-hybridized carbons (Fsp3) is 0.235. The zero-order valence-corrected chi connectivity index (χ0v) is 15.0. The highest BCUT2D eigenvalue weighted by molar-refractivity contribution is 7.18. The molecule has 0 aliphatic carbocycles. The predicted molar refractivity (Wildman–Crippen MR) is 97.7 cm³/mol. The van der Waals surface area contributed by atoms with Gasteiger partial charge in [0.1, 0.15) is 23.5 Å². The monoisotopic (exact) mass is 369 g/mol. The molecule has 4 aromatic rings. The van der Waals surface area contributed by atoms with E-state index in [1.54, 1.807) is 34.3 Å². The molecule has 0 saturated carbocycles. The molecule has 0 aliphatic rings. The van der Waals surface area contributed by atoms with Crippen LogP contribution < -0.4 is 4.74 Å². The molecule has 0 spiro atoms. The van der Waals surface area contributed by atoms with E-state index in [0.717, 1.165) is 22.3 Å². The average molecular weight is 369 g/mol. The maximum absolute atomic E-state index is 10.7. The third-order valence-electron chi connectivity index (χ3n) is 4.14. The molecule has 0 unspecified atom stereocenters. The number of ether oxygens (including phenoxy) is 1. The van der Waals surface area contributed by atoms with Crippen LogP contribution in [0.2, 0.25) is 0 Å². The van der Waals surface area contributed by atoms with Crippen molar-refractivity contribution in [2.75, 3.05) is 0 Å². The summed E-state index contributed by atoms with van der Waals surface area (Å²) in [6.07, 6.45) is 2.57. The number of hydrogen-bond donors (Lipinski definition) is 0. The molecule has 132 valence electrons. The predicted octanol–water partition coefficient (Wildman–Crippen LogP) is 3.70. The van der Waals surface area contributed by atoms with Gasteiger partial charge in [-0.2, -0.15) is 0 Å². The molecule has 9 heteroatoms. The zero-order chi connectivity index (χ0) is 18.3. The highest BCUT2D eigenvalue weighted by atomic mass is 32.1. The number of nitro benzene ring substituents is 1. The molecule has 26 heavy (non-hydrogen) atoms. The number of thiophene rings is 1. The van der Waals surface area contributed by atoms with Crippen molar-refractivity contribution in [2.45, 2.75) is 26.9 Å². The SMILES string of the molecule is CCc1c(C)sc2ncn3nc(COc4ccc([N+](=O)[O-])cc4)nc3c12. The van der Waals surface area contributed by atoms with Crippen LogP contribution in [-0.4, -0.2) is 24.5 Å². The molecule has 0 atom stereocenters. The quantitative estimate of drug-likeness (QED) is 0.393. The number of aromatic nitrogens is 4. The summed E-state index contributed by atoms with van der Waals surface area (Å²) in [5, 5.41) is 16.2. The number of rotatable bonds is 5. The van der Waals surface area contributed by atoms with E-state index in [1.165, 1.54) is 22.6 Å². The lowest BCUT2D eigenvalue weighted by molar-refractivity contribution is -0.384. The van der Waals surface area contributed by atoms with Crippen molar-refractivity contribution in [3.8, 4) is 5.75 Å². The Morgan fingerprint density at radius 3 is 2.77 bits per heavy atom. The molecule has 0 fully saturated rings. The third-order valence-corrected chi connectivity index (χ3v) is 5.20. The highest BCUT2D eigenvalue weighted by Crippen LogP contribution is 2.32. The van der Waals surface area contributed by atoms with Crippen molar-refractivity contribution in [1.82, 2.24) is 19.6 Å². The summed E-state index contributed by atoms with van der Waals surface area (Å²) in [5.74, 6) is 1.06. The van der Waals surface area contributed by atoms with Crippen LogP contribution in [0.3, 0.4) is 0 Å². The fourth-order valence-corrected chi connectivity index (χ4v) is 3.98. The number of nitrogens with zero attached hydrogens (tertiary/aromatic N) is 5. The molecule has 4 rings (SSSR count). The van der Waals surface area contributed by atoms with E-state index in [-0.39, 0.29) is 12.3 Å². The van der Waals surface area contributed by atoms with E-state index < -0.39 is 4.92 Å². The van der Waals surface area contributed by atoms with E-state index in [0.29, 0.717) is 11.6 Å². The maximum Gasteiger partial charge on any atom is 0.269 e. The van der Waals surface area contributed by atoms with Gasteiger partial charge in [-0.3, -0.25) is 10.1 Å². The van der Waals surface area contributed by atoms with Gasteiger partial charge >= 0.3 is 0 Å². The fourth-order valence-electron chi connectivity index (χ4n) is 2.91. The summed E-state index contributed by atoms with van der Waals surface area (Å²) >= 11 is 1.66. The smallest absolute Gasteiger partial charge is 0.269 e. The van der Waals surface area contributed by atoms with Gasteiger partial charge in [-0.05, 0) is 31.0 Å². The van der Waals surface area contributed by atoms with Crippen LogP contribution >= 0.6 is 11.3 Å². The Balaban J connectivity index is 1.63. The summed E-state index contributed by atoms with van der Waals surface area (Å²) in [6.45, 7) is 4.38. The minimum atomic E-state index is -0.445. The Bertz CT molecular complexity index is 1120. The Hall–Kier alpha value is -3.07. The first-order valence-electron chi connectivity index (χ1n) is 8.06. The summed E-state index contributed by atoms with van der Waals surface area (Å²) in [5.41, 5.74) is 2.05. The molecule has 0 amide bonds. The Kier molecular flexibility index (Phi) is 4.00. The van der Waals surface area contributed by atoms with Crippen molar-refractivity contribution < 1.29 is 9.66 Å². The molecule has 0 aliphatic heterocycles. The van der Waals surface area contributed by atoms with Gasteiger partial charge < -0.3 is 4.74 Å². The molecule has 1 aromatic carbocycles. The summed E-state index contributed by atoms with van der Waals surface area (Å²) in [6, 6.07) is 5.93. The molecule has 0 saturated heterocycles. The number of non-ortho nitro benzene ring substituents is 1. The first kappa shape index (κ1) is 16.4. The highest BCUT2D eigenvalue weighted by Gasteiger charge is 2.16. The topological polar surface area (TPSA) is 95.5 Å². The lowest BCUT2D eigenvalue weighted by atomic mass is 10.1. The minimum absolute atomic E-state index is 0.0246. The number of benzene rings is 1. The van der Waals surface area contributed by atoms with Gasteiger partial charge in [0.2, 0.25) is 0 Å². The first-order valence-corrected chi connectivity index (χ1v) is 8.88. The van der Waals surface area contributed by atoms with E-state index in [4.69, 9.17) is 4.74 Å². The molecular weight excluding hydrogens is 354 g/mol. The largest absolute Gasteiger partial charge is 0.486 e. The average Bonchev–Trinajstić information content (AvgIpc) is 3.19. The molecule has 3 heterocycles. The molecule has 8 nitrogen and oxygen atoms in total. The van der Waals surface area contributed by atoms with Crippen molar-refractivity contribution in [1.29, 1.82) is 0 Å². The standard InChI is InChI=1S/C17H15N5O3S/c1-3-13-10(2)26-17-15(13)16-19-14(20-21(16)9-18-17)8-25-12-6-4-11(5-7-12)22(23)24/h4-7,9H,3,8H2,1-2H3. The second-order valence-corrected chi connectivity index (χ2v) is 6.95. The van der Waals surface area contributed by atoms with Gasteiger partial charge in [-0.1, -0.05) is 6.92 Å². The third kappa shape index (κ3) is 2.76. The minimum Gasteiger partial charge on any atom is -0.486 e. The van der Waals surface area contributed by atoms with Crippen LogP contribution in [0.5, 0.6) is 5.75 Å². The molecular formula is C17H15N5O3S. The number of aryl methyl sites for hydroxylation is 2. The van der Waals surface area contributed by atoms with Gasteiger partial charge in [0, 0.05) is 17.0 Å². The van der Waals surface area contributed by atoms with Crippen LogP contribution in [0.15, 0.2) is 30.6 Å². The Morgan fingerprint density at radius 2 is 2.08 bits per heavy atom. The molecule has 3 aromatic heterocycles. The molecule has 0 bridgehead atoms. The van der Waals surface area contributed by atoms with Gasteiger partial charge in [-0.25, -0.2) is 14.5 Å². The Labute approximate surface area is 152 Å². The molecule has 0 radical (unpaired) electrons. The first-order chi connectivity index (χ1) is 12.6. The second kappa shape index (κ2) is 6.34. The van der Waals surface area contributed by atoms with Gasteiger partial charge in [0.15, 0.2) is 11.5 Å². The Morgan fingerprint density at radius 1 is 1.31 bits per heavy atom. The van der Waals surface area contributed by atoms with E-state index in [9.17, 15) is 10.1 Å². The van der Waals surface area contributed by atoms with Crippen LogP contribution in [-0.2, 0) is 13.0 Å². The van der Waals surface area contributed by atoms with Crippen LogP contribution in [0, 0.1) is 17.0 Å². The van der Waals surface area contributed by atoms with Crippen LogP contribution in [0.4, 0.5) is 5.69 Å². The van der Waals surface area contributed by atoms with Gasteiger partial charge in [0.05, 0.1) is 10.3 Å². The van der Waals surface area contributed by atoms with Crippen molar-refractivity contribution in [3.63, 3.8) is 0 Å². The maximum atomic E-state index is 10.7. The van der Waals surface area contributed by atoms with Gasteiger partial charge in [0.25, 0.3) is 5.69 Å². The van der Waals surface area contributed by atoms with Gasteiger partial charge in [-0.15, -0.1) is 16.4 Å². The number of hydrogen-bond acceptors (Lipinski definition) is 7. The van der Waals surface area contributed by atoms with E-state index in [2.05, 4.69) is 28.9 Å². The normalized spacial score (nSPS) is 11.3. The zero-order valence-electron chi connectivity index (χ0n) is 14.2. The van der Waals surface area contributed by atoms with Crippen molar-refractivity contribution in [3.05, 3.63) is 57.0 Å². The molecule has 0 N–H and O–H groups in total. The lowest BCUT2D eigenvalue weighted by Gasteiger charge is -2.02. The number of fused-ring (bicyclic) bond motifs is 3. The van der Waals surface area contributed by atoms with Crippen LogP contribution in [0.1, 0.15) is 23.2 Å². The number of nitro groups is 1. The van der Waals surface area contributed by atoms with Crippen molar-refractivity contribution >= 4 is 32.9 Å². The van der Waals surface area contributed by atoms with E-state index in [1.807, 2.05) is 0 Å². The lowest BCUT2D eigenvalue weighted by Crippen LogP contribution is -1.98. The van der Waals surface area contributed by atoms with Crippen molar-refractivity contribution in [2.24, 2.45) is 0 Å². The summed E-state index contributed by atoms with van der Waals surface area (Å²) < 4.78 is 7.32.